The Morgan fingerprint density at radius 1 is 1.50 bits per heavy atom. The zero-order valence-corrected chi connectivity index (χ0v) is 7.42. The molecule has 1 atom stereocenters. The lowest BCUT2D eigenvalue weighted by molar-refractivity contribution is 0.172. The average molecular weight is 162 g/mol. The summed E-state index contributed by atoms with van der Waals surface area (Å²) in [5.41, 5.74) is 1.37. The third-order valence-electron chi connectivity index (χ3n) is 2.48. The van der Waals surface area contributed by atoms with E-state index in [1.807, 2.05) is 0 Å². The van der Waals surface area contributed by atoms with Gasteiger partial charge < -0.3 is 4.74 Å². The van der Waals surface area contributed by atoms with E-state index >= 15 is 0 Å². The summed E-state index contributed by atoms with van der Waals surface area (Å²) in [5.74, 6) is 1.77. The van der Waals surface area contributed by atoms with Gasteiger partial charge in [-0.15, -0.1) is 0 Å². The van der Waals surface area contributed by atoms with E-state index in [0.29, 0.717) is 5.92 Å². The van der Waals surface area contributed by atoms with Crippen LogP contribution < -0.4 is 0 Å². The van der Waals surface area contributed by atoms with Crippen molar-refractivity contribution in [2.24, 2.45) is 5.92 Å². The van der Waals surface area contributed by atoms with E-state index < -0.39 is 0 Å². The summed E-state index contributed by atoms with van der Waals surface area (Å²) in [6.45, 7) is 3.14. The maximum atomic E-state index is 5.59. The van der Waals surface area contributed by atoms with Gasteiger partial charge in [0.15, 0.2) is 0 Å². The van der Waals surface area contributed by atoms with Crippen LogP contribution in [0.1, 0.15) is 19.8 Å². The lowest BCUT2D eigenvalue weighted by atomic mass is 9.94. The largest absolute Gasteiger partial charge is 0.494 e. The Labute approximate surface area is 73.4 Å². The van der Waals surface area contributed by atoms with Crippen LogP contribution in [0.15, 0.2) is 35.6 Å². The van der Waals surface area contributed by atoms with E-state index in [2.05, 4.69) is 31.2 Å². The highest BCUT2D eigenvalue weighted by Crippen LogP contribution is 2.30. The standard InChI is InChI=1S/C11H14O/c1-9-7-8-12-11-6-4-2-3-5-10(9)11/h2-3,5-6,9H,4,7-8H2,1H3. The summed E-state index contributed by atoms with van der Waals surface area (Å²) < 4.78 is 5.59. The lowest BCUT2D eigenvalue weighted by Crippen LogP contribution is -2.14. The summed E-state index contributed by atoms with van der Waals surface area (Å²) in [7, 11) is 0. The second kappa shape index (κ2) is 3.18. The Balaban J connectivity index is 2.31. The molecule has 0 aromatic carbocycles. The van der Waals surface area contributed by atoms with Crippen LogP contribution in [0, 0.1) is 5.92 Å². The summed E-state index contributed by atoms with van der Waals surface area (Å²) in [6.07, 6.45) is 10.8. The first-order chi connectivity index (χ1) is 5.88. The van der Waals surface area contributed by atoms with Gasteiger partial charge in [0.1, 0.15) is 5.76 Å². The second-order valence-corrected chi connectivity index (χ2v) is 3.39. The molecule has 1 fully saturated rings. The highest BCUT2D eigenvalue weighted by atomic mass is 16.5. The molecule has 0 spiro atoms. The first kappa shape index (κ1) is 7.66. The molecule has 1 heterocycles. The molecule has 64 valence electrons. The molecule has 0 N–H and O–H groups in total. The molecule has 0 radical (unpaired) electrons. The molecule has 1 aliphatic heterocycles. The minimum absolute atomic E-state index is 0.660. The number of allylic oxidation sites excluding steroid dienone is 5. The number of hydrogen-bond acceptors (Lipinski definition) is 1. The predicted octanol–water partition coefficient (Wildman–Crippen LogP) is 2.81. The quantitative estimate of drug-likeness (QED) is 0.532. The molecule has 1 aliphatic carbocycles. The molecule has 1 unspecified atom stereocenters. The fraction of sp³-hybridized carbons (Fsp3) is 0.455. The number of ether oxygens (including phenoxy) is 1. The molecule has 0 aromatic heterocycles. The number of hydrogen-bond donors (Lipinski definition) is 0. The van der Waals surface area contributed by atoms with Gasteiger partial charge in [0.05, 0.1) is 6.61 Å². The van der Waals surface area contributed by atoms with Crippen molar-refractivity contribution in [3.63, 3.8) is 0 Å². The van der Waals surface area contributed by atoms with Gasteiger partial charge in [-0.1, -0.05) is 25.2 Å². The van der Waals surface area contributed by atoms with Crippen molar-refractivity contribution >= 4 is 0 Å². The molecule has 1 saturated heterocycles. The maximum Gasteiger partial charge on any atom is 0.119 e. The van der Waals surface area contributed by atoms with Gasteiger partial charge in [-0.3, -0.25) is 0 Å². The van der Waals surface area contributed by atoms with Crippen LogP contribution in [0.5, 0.6) is 0 Å². The van der Waals surface area contributed by atoms with Gasteiger partial charge in [0, 0.05) is 0 Å². The Bertz CT molecular complexity index is 258. The average Bonchev–Trinajstić information content (AvgIpc) is 2.30. The fourth-order valence-electron chi connectivity index (χ4n) is 1.68. The second-order valence-electron chi connectivity index (χ2n) is 3.39. The first-order valence-corrected chi connectivity index (χ1v) is 4.58. The summed E-state index contributed by atoms with van der Waals surface area (Å²) in [4.78, 5) is 0. The zero-order chi connectivity index (χ0) is 8.39. The topological polar surface area (TPSA) is 9.23 Å². The van der Waals surface area contributed by atoms with Crippen molar-refractivity contribution in [2.75, 3.05) is 6.61 Å². The van der Waals surface area contributed by atoms with Crippen LogP contribution in [0.25, 0.3) is 0 Å². The highest BCUT2D eigenvalue weighted by molar-refractivity contribution is 5.35. The van der Waals surface area contributed by atoms with E-state index in [-0.39, 0.29) is 0 Å². The van der Waals surface area contributed by atoms with Crippen molar-refractivity contribution in [2.45, 2.75) is 19.8 Å². The Hall–Kier alpha value is -0.980. The van der Waals surface area contributed by atoms with Gasteiger partial charge in [-0.2, -0.15) is 0 Å². The summed E-state index contributed by atoms with van der Waals surface area (Å²) in [5, 5.41) is 0. The molecule has 1 heteroatoms. The van der Waals surface area contributed by atoms with Gasteiger partial charge in [-0.25, -0.2) is 0 Å². The van der Waals surface area contributed by atoms with Gasteiger partial charge in [0.2, 0.25) is 0 Å². The van der Waals surface area contributed by atoms with Crippen molar-refractivity contribution in [3.05, 3.63) is 35.6 Å². The maximum absolute atomic E-state index is 5.59. The molecule has 12 heavy (non-hydrogen) atoms. The predicted molar refractivity (Wildman–Crippen MR) is 49.7 cm³/mol. The van der Waals surface area contributed by atoms with Crippen LogP contribution in [0.3, 0.4) is 0 Å². The van der Waals surface area contributed by atoms with Gasteiger partial charge in [0.25, 0.3) is 0 Å². The summed E-state index contributed by atoms with van der Waals surface area (Å²) >= 11 is 0. The number of fused-ring (bicyclic) bond motifs is 1. The Morgan fingerprint density at radius 3 is 3.33 bits per heavy atom. The first-order valence-electron chi connectivity index (χ1n) is 4.58. The molecule has 0 aromatic rings. The molecular weight excluding hydrogens is 148 g/mol. The van der Waals surface area contributed by atoms with Crippen molar-refractivity contribution in [1.29, 1.82) is 0 Å². The van der Waals surface area contributed by atoms with Crippen LogP contribution in [0.2, 0.25) is 0 Å². The van der Waals surface area contributed by atoms with Crippen LogP contribution in [-0.4, -0.2) is 6.61 Å². The van der Waals surface area contributed by atoms with Crippen molar-refractivity contribution in [3.8, 4) is 0 Å². The van der Waals surface area contributed by atoms with E-state index in [1.54, 1.807) is 0 Å². The summed E-state index contributed by atoms with van der Waals surface area (Å²) in [6, 6.07) is 0. The minimum atomic E-state index is 0.660. The SMILES string of the molecule is CC1CCOC2=CCC=CC=C21. The molecule has 0 amide bonds. The molecule has 0 saturated carbocycles. The van der Waals surface area contributed by atoms with Crippen LogP contribution >= 0.6 is 0 Å². The van der Waals surface area contributed by atoms with E-state index in [9.17, 15) is 0 Å². The third kappa shape index (κ3) is 1.31. The zero-order valence-electron chi connectivity index (χ0n) is 7.42. The minimum Gasteiger partial charge on any atom is -0.494 e. The van der Waals surface area contributed by atoms with Crippen LogP contribution in [0.4, 0.5) is 0 Å². The van der Waals surface area contributed by atoms with Crippen molar-refractivity contribution in [1.82, 2.24) is 0 Å². The lowest BCUT2D eigenvalue weighted by Gasteiger charge is -2.24. The number of rotatable bonds is 0. The molecule has 2 rings (SSSR count). The molecule has 1 nitrogen and oxygen atoms in total. The molecule has 0 bridgehead atoms. The van der Waals surface area contributed by atoms with E-state index in [4.69, 9.17) is 4.74 Å². The van der Waals surface area contributed by atoms with Gasteiger partial charge >= 0.3 is 0 Å². The highest BCUT2D eigenvalue weighted by Gasteiger charge is 2.19. The van der Waals surface area contributed by atoms with Crippen molar-refractivity contribution < 1.29 is 4.74 Å². The van der Waals surface area contributed by atoms with Crippen LogP contribution in [-0.2, 0) is 4.74 Å². The molecule has 2 aliphatic rings. The smallest absolute Gasteiger partial charge is 0.119 e. The van der Waals surface area contributed by atoms with E-state index in [1.165, 1.54) is 5.57 Å². The Morgan fingerprint density at radius 2 is 2.42 bits per heavy atom. The van der Waals surface area contributed by atoms with Gasteiger partial charge in [-0.05, 0) is 30.4 Å². The fourth-order valence-corrected chi connectivity index (χ4v) is 1.68. The monoisotopic (exact) mass is 162 g/mol. The Kier molecular flexibility index (Phi) is 2.03. The third-order valence-corrected chi connectivity index (χ3v) is 2.48. The molecular formula is C11H14O. The van der Waals surface area contributed by atoms with E-state index in [0.717, 1.165) is 25.2 Å². The normalized spacial score (nSPS) is 27.9.